The number of likely N-dealkylation sites (tertiary alicyclic amines) is 1. The van der Waals surface area contributed by atoms with Crippen molar-refractivity contribution in [3.63, 3.8) is 0 Å². The van der Waals surface area contributed by atoms with Gasteiger partial charge in [0.15, 0.2) is 0 Å². The number of nitrogens with one attached hydrogen (secondary N) is 1. The number of aliphatic carboxylic acids is 1. The van der Waals surface area contributed by atoms with Crippen LogP contribution in [0.4, 0.5) is 0 Å². The molecule has 1 saturated heterocycles. The second-order valence-electron chi connectivity index (χ2n) is 5.11. The molecule has 0 aromatic carbocycles. The number of piperidine rings is 1. The van der Waals surface area contributed by atoms with Crippen LogP contribution in [0.15, 0.2) is 0 Å². The van der Waals surface area contributed by atoms with Crippen LogP contribution in [0.25, 0.3) is 0 Å². The fraction of sp³-hybridized carbons (Fsp3) is 0.692. The van der Waals surface area contributed by atoms with Gasteiger partial charge in [0.25, 0.3) is 5.91 Å². The van der Waals surface area contributed by atoms with E-state index < -0.39 is 17.9 Å². The lowest BCUT2D eigenvalue weighted by Crippen LogP contribution is -2.50. The molecule has 2 N–H and O–H groups in total. The van der Waals surface area contributed by atoms with Crippen molar-refractivity contribution < 1.29 is 14.7 Å². The summed E-state index contributed by atoms with van der Waals surface area (Å²) in [7, 11) is 0. The van der Waals surface area contributed by atoms with Crippen LogP contribution in [0.2, 0.25) is 0 Å². The normalized spacial score (nSPS) is 22.8. The highest BCUT2D eigenvalue weighted by Crippen LogP contribution is 2.26. The molecule has 0 saturated carbocycles. The highest BCUT2D eigenvalue weighted by Gasteiger charge is 2.37. The number of carboxylic acid groups (broad SMARTS) is 1. The van der Waals surface area contributed by atoms with Gasteiger partial charge in [0.1, 0.15) is 11.9 Å². The molecule has 0 spiro atoms. The summed E-state index contributed by atoms with van der Waals surface area (Å²) in [4.78, 5) is 29.2. The van der Waals surface area contributed by atoms with Crippen LogP contribution in [-0.2, 0) is 11.2 Å². The molecular weight excluding hydrogens is 260 g/mol. The monoisotopic (exact) mass is 280 g/mol. The van der Waals surface area contributed by atoms with Crippen molar-refractivity contribution >= 4 is 11.9 Å². The van der Waals surface area contributed by atoms with Crippen molar-refractivity contribution in [1.82, 2.24) is 20.1 Å². The van der Waals surface area contributed by atoms with Gasteiger partial charge >= 0.3 is 5.97 Å². The predicted octanol–water partition coefficient (Wildman–Crippen LogP) is 1.08. The van der Waals surface area contributed by atoms with Crippen molar-refractivity contribution in [2.45, 2.75) is 45.6 Å². The molecular formula is C13H20N4O3. The highest BCUT2D eigenvalue weighted by molar-refractivity contribution is 5.93. The molecule has 2 atom stereocenters. The number of carbonyl (C=O) groups is 2. The van der Waals surface area contributed by atoms with E-state index in [4.69, 9.17) is 0 Å². The number of hydrogen-bond donors (Lipinski definition) is 2. The SMILES string of the molecule is CCc1nc(C(=O)N2CCC(CC)CC2C(=O)O)n[nH]1. The lowest BCUT2D eigenvalue weighted by Gasteiger charge is -2.36. The largest absolute Gasteiger partial charge is 0.480 e. The third kappa shape index (κ3) is 2.81. The average Bonchev–Trinajstić information content (AvgIpc) is 2.94. The number of nitrogens with zero attached hydrogens (tertiary/aromatic N) is 3. The van der Waals surface area contributed by atoms with E-state index in [2.05, 4.69) is 15.2 Å². The number of carbonyl (C=O) groups excluding carboxylic acids is 1. The number of aryl methyl sites for hydroxylation is 1. The van der Waals surface area contributed by atoms with E-state index in [1.54, 1.807) is 0 Å². The van der Waals surface area contributed by atoms with E-state index in [-0.39, 0.29) is 5.82 Å². The van der Waals surface area contributed by atoms with Crippen LogP contribution in [0, 0.1) is 5.92 Å². The van der Waals surface area contributed by atoms with Crippen molar-refractivity contribution in [2.24, 2.45) is 5.92 Å². The first-order chi connectivity index (χ1) is 9.56. The van der Waals surface area contributed by atoms with Gasteiger partial charge in [0.05, 0.1) is 0 Å². The Kier molecular flexibility index (Phi) is 4.36. The number of amides is 1. The third-order valence-electron chi connectivity index (χ3n) is 3.89. The van der Waals surface area contributed by atoms with Gasteiger partial charge in [0.2, 0.25) is 5.82 Å². The number of aromatic nitrogens is 3. The maximum atomic E-state index is 12.4. The highest BCUT2D eigenvalue weighted by atomic mass is 16.4. The number of rotatable bonds is 4. The second kappa shape index (κ2) is 6.02. The standard InChI is InChI=1S/C13H20N4O3/c1-3-8-5-6-17(9(7-8)13(19)20)12(18)11-14-10(4-2)15-16-11/h8-9H,3-7H2,1-2H3,(H,19,20)(H,14,15,16). The van der Waals surface area contributed by atoms with Crippen LogP contribution in [0.1, 0.15) is 49.6 Å². The summed E-state index contributed by atoms with van der Waals surface area (Å²) in [5.41, 5.74) is 0. The quantitative estimate of drug-likeness (QED) is 0.859. The molecule has 1 aromatic heterocycles. The zero-order chi connectivity index (χ0) is 14.7. The molecule has 0 aliphatic carbocycles. The molecule has 1 aliphatic heterocycles. The van der Waals surface area contributed by atoms with Gasteiger partial charge in [0, 0.05) is 13.0 Å². The molecule has 2 unspecified atom stereocenters. The van der Waals surface area contributed by atoms with Crippen LogP contribution < -0.4 is 0 Å². The van der Waals surface area contributed by atoms with Crippen molar-refractivity contribution in [3.05, 3.63) is 11.6 Å². The first-order valence-corrected chi connectivity index (χ1v) is 7.01. The first kappa shape index (κ1) is 14.5. The second-order valence-corrected chi connectivity index (χ2v) is 5.11. The van der Waals surface area contributed by atoms with E-state index in [0.717, 1.165) is 12.8 Å². The van der Waals surface area contributed by atoms with Gasteiger partial charge in [-0.3, -0.25) is 9.89 Å². The number of H-pyrrole nitrogens is 1. The minimum absolute atomic E-state index is 0.0584. The first-order valence-electron chi connectivity index (χ1n) is 7.01. The molecule has 2 rings (SSSR count). The molecule has 1 fully saturated rings. The van der Waals surface area contributed by atoms with E-state index in [1.165, 1.54) is 4.90 Å². The maximum Gasteiger partial charge on any atom is 0.326 e. The topological polar surface area (TPSA) is 99.2 Å². The smallest absolute Gasteiger partial charge is 0.326 e. The summed E-state index contributed by atoms with van der Waals surface area (Å²) in [6.45, 7) is 4.40. The van der Waals surface area contributed by atoms with Gasteiger partial charge in [-0.2, -0.15) is 0 Å². The Hall–Kier alpha value is -1.92. The fourth-order valence-corrected chi connectivity index (χ4v) is 2.56. The van der Waals surface area contributed by atoms with Crippen LogP contribution in [0.3, 0.4) is 0 Å². The van der Waals surface area contributed by atoms with Gasteiger partial charge in [-0.05, 0) is 18.8 Å². The molecule has 20 heavy (non-hydrogen) atoms. The van der Waals surface area contributed by atoms with Gasteiger partial charge in [-0.1, -0.05) is 20.3 Å². The van der Waals surface area contributed by atoms with E-state index in [9.17, 15) is 14.7 Å². The lowest BCUT2D eigenvalue weighted by atomic mass is 9.89. The Balaban J connectivity index is 2.16. The van der Waals surface area contributed by atoms with Crippen LogP contribution in [0.5, 0.6) is 0 Å². The van der Waals surface area contributed by atoms with Crippen LogP contribution in [-0.4, -0.2) is 49.7 Å². The molecule has 1 aromatic rings. The molecule has 0 bridgehead atoms. The Morgan fingerprint density at radius 2 is 2.20 bits per heavy atom. The van der Waals surface area contributed by atoms with Gasteiger partial charge in [-0.15, -0.1) is 5.10 Å². The molecule has 1 aliphatic rings. The van der Waals surface area contributed by atoms with Crippen LogP contribution >= 0.6 is 0 Å². The summed E-state index contributed by atoms with van der Waals surface area (Å²) in [6.07, 6.45) is 2.92. The number of aromatic amines is 1. The van der Waals surface area contributed by atoms with Crippen molar-refractivity contribution in [2.75, 3.05) is 6.54 Å². The van der Waals surface area contributed by atoms with E-state index in [0.29, 0.717) is 31.1 Å². The minimum atomic E-state index is -0.956. The summed E-state index contributed by atoms with van der Waals surface area (Å²) in [5, 5.41) is 15.9. The Morgan fingerprint density at radius 3 is 2.75 bits per heavy atom. The lowest BCUT2D eigenvalue weighted by molar-refractivity contribution is -0.144. The summed E-state index contributed by atoms with van der Waals surface area (Å²) in [6, 6.07) is -0.773. The molecule has 0 radical (unpaired) electrons. The van der Waals surface area contributed by atoms with Crippen molar-refractivity contribution in [3.8, 4) is 0 Å². The predicted molar refractivity (Wildman–Crippen MR) is 71.2 cm³/mol. The molecule has 7 heteroatoms. The maximum absolute atomic E-state index is 12.4. The third-order valence-corrected chi connectivity index (χ3v) is 3.89. The molecule has 110 valence electrons. The summed E-state index contributed by atoms with van der Waals surface area (Å²) in [5.74, 6) is -0.309. The zero-order valence-electron chi connectivity index (χ0n) is 11.8. The summed E-state index contributed by atoms with van der Waals surface area (Å²) >= 11 is 0. The number of carboxylic acids is 1. The molecule has 7 nitrogen and oxygen atoms in total. The minimum Gasteiger partial charge on any atom is -0.480 e. The van der Waals surface area contributed by atoms with Crippen molar-refractivity contribution in [1.29, 1.82) is 0 Å². The van der Waals surface area contributed by atoms with E-state index in [1.807, 2.05) is 13.8 Å². The number of hydrogen-bond acceptors (Lipinski definition) is 4. The van der Waals surface area contributed by atoms with Gasteiger partial charge in [-0.25, -0.2) is 9.78 Å². The fourth-order valence-electron chi connectivity index (χ4n) is 2.56. The van der Waals surface area contributed by atoms with Gasteiger partial charge < -0.3 is 10.0 Å². The molecule has 1 amide bonds. The Labute approximate surface area is 117 Å². The Morgan fingerprint density at radius 1 is 1.45 bits per heavy atom. The Bertz CT molecular complexity index is 500. The zero-order valence-corrected chi connectivity index (χ0v) is 11.8. The molecule has 2 heterocycles. The summed E-state index contributed by atoms with van der Waals surface area (Å²) < 4.78 is 0. The average molecular weight is 280 g/mol. The van der Waals surface area contributed by atoms with E-state index >= 15 is 0 Å².